The number of amides is 1. The van der Waals surface area contributed by atoms with E-state index in [1.54, 1.807) is 0 Å². The number of pyridine rings is 1. The van der Waals surface area contributed by atoms with Crippen LogP contribution in [0.25, 0.3) is 0 Å². The van der Waals surface area contributed by atoms with Crippen LogP contribution >= 0.6 is 0 Å². The number of likely N-dealkylation sites (tertiary alicyclic amines) is 1. The van der Waals surface area contributed by atoms with E-state index in [1.165, 1.54) is 5.56 Å². The molecule has 0 aliphatic carbocycles. The molecule has 1 fully saturated rings. The van der Waals surface area contributed by atoms with Crippen molar-refractivity contribution in [3.8, 4) is 0 Å². The van der Waals surface area contributed by atoms with E-state index < -0.39 is 0 Å². The Labute approximate surface area is 150 Å². The van der Waals surface area contributed by atoms with Gasteiger partial charge in [-0.15, -0.1) is 0 Å². The summed E-state index contributed by atoms with van der Waals surface area (Å²) < 4.78 is 0. The van der Waals surface area contributed by atoms with Crippen LogP contribution in [0.5, 0.6) is 0 Å². The topological polar surface area (TPSA) is 45.2 Å². The van der Waals surface area contributed by atoms with Gasteiger partial charge in [0.25, 0.3) is 0 Å². The lowest BCUT2D eigenvalue weighted by Crippen LogP contribution is -2.46. The van der Waals surface area contributed by atoms with Gasteiger partial charge in [0.05, 0.1) is 5.92 Å². The van der Waals surface area contributed by atoms with Crippen molar-refractivity contribution in [2.24, 2.45) is 0 Å². The van der Waals surface area contributed by atoms with E-state index in [1.807, 2.05) is 47.6 Å². The molecule has 4 heteroatoms. The van der Waals surface area contributed by atoms with Crippen LogP contribution in [0.4, 0.5) is 0 Å². The molecule has 3 rings (SSSR count). The quantitative estimate of drug-likeness (QED) is 0.879. The molecule has 0 bridgehead atoms. The minimum Gasteiger partial charge on any atom is -0.342 e. The SMILES string of the molecule is CCC(C(=O)N1CCC(NCc2ccncc2)CC1)c1ccccc1. The maximum absolute atomic E-state index is 12.9. The van der Waals surface area contributed by atoms with E-state index in [4.69, 9.17) is 0 Å². The Bertz CT molecular complexity index is 651. The number of piperidine rings is 1. The Hall–Kier alpha value is -2.20. The molecule has 0 spiro atoms. The van der Waals surface area contributed by atoms with E-state index in [9.17, 15) is 4.79 Å². The molecule has 0 saturated carbocycles. The molecule has 1 aromatic heterocycles. The van der Waals surface area contributed by atoms with E-state index >= 15 is 0 Å². The zero-order valence-electron chi connectivity index (χ0n) is 14.9. The van der Waals surface area contributed by atoms with Crippen molar-refractivity contribution in [1.82, 2.24) is 15.2 Å². The Morgan fingerprint density at radius 1 is 1.16 bits per heavy atom. The van der Waals surface area contributed by atoms with Gasteiger partial charge in [-0.3, -0.25) is 9.78 Å². The van der Waals surface area contributed by atoms with Gasteiger partial charge in [0.15, 0.2) is 0 Å². The summed E-state index contributed by atoms with van der Waals surface area (Å²) in [6.07, 6.45) is 6.53. The largest absolute Gasteiger partial charge is 0.342 e. The van der Waals surface area contributed by atoms with Crippen molar-refractivity contribution in [3.63, 3.8) is 0 Å². The van der Waals surface area contributed by atoms with Crippen LogP contribution in [0.15, 0.2) is 54.9 Å². The van der Waals surface area contributed by atoms with Crippen LogP contribution in [0, 0.1) is 0 Å². The first-order chi connectivity index (χ1) is 12.3. The number of nitrogens with one attached hydrogen (secondary N) is 1. The number of benzene rings is 1. The minimum absolute atomic E-state index is 0.0115. The maximum Gasteiger partial charge on any atom is 0.230 e. The van der Waals surface area contributed by atoms with Crippen molar-refractivity contribution in [2.45, 2.75) is 44.7 Å². The molecule has 132 valence electrons. The predicted molar refractivity (Wildman–Crippen MR) is 100 cm³/mol. The third kappa shape index (κ3) is 4.67. The average Bonchev–Trinajstić information content (AvgIpc) is 2.69. The van der Waals surface area contributed by atoms with Gasteiger partial charge >= 0.3 is 0 Å². The van der Waals surface area contributed by atoms with Crippen LogP contribution in [-0.2, 0) is 11.3 Å². The van der Waals surface area contributed by atoms with E-state index in [0.29, 0.717) is 6.04 Å². The lowest BCUT2D eigenvalue weighted by Gasteiger charge is -2.34. The number of hydrogen-bond acceptors (Lipinski definition) is 3. The van der Waals surface area contributed by atoms with Crippen LogP contribution in [0.2, 0.25) is 0 Å². The first kappa shape index (κ1) is 17.6. The fourth-order valence-corrected chi connectivity index (χ4v) is 3.53. The van der Waals surface area contributed by atoms with Crippen molar-refractivity contribution in [3.05, 3.63) is 66.0 Å². The number of carbonyl (C=O) groups excluding carboxylic acids is 1. The van der Waals surface area contributed by atoms with Crippen molar-refractivity contribution >= 4 is 5.91 Å². The van der Waals surface area contributed by atoms with Crippen LogP contribution < -0.4 is 5.32 Å². The number of aromatic nitrogens is 1. The van der Waals surface area contributed by atoms with Crippen LogP contribution in [0.1, 0.15) is 43.2 Å². The maximum atomic E-state index is 12.9. The summed E-state index contributed by atoms with van der Waals surface area (Å²) in [4.78, 5) is 19.0. The molecular weight excluding hydrogens is 310 g/mol. The summed E-state index contributed by atoms with van der Waals surface area (Å²) in [6, 6.07) is 14.7. The van der Waals surface area contributed by atoms with Crippen molar-refractivity contribution in [2.75, 3.05) is 13.1 Å². The lowest BCUT2D eigenvalue weighted by molar-refractivity contribution is -0.134. The fourth-order valence-electron chi connectivity index (χ4n) is 3.53. The molecule has 1 N–H and O–H groups in total. The second-order valence-corrected chi connectivity index (χ2v) is 6.71. The van der Waals surface area contributed by atoms with E-state index in [2.05, 4.69) is 29.4 Å². The highest BCUT2D eigenvalue weighted by Crippen LogP contribution is 2.24. The number of nitrogens with zero attached hydrogens (tertiary/aromatic N) is 2. The van der Waals surface area contributed by atoms with Crippen LogP contribution in [0.3, 0.4) is 0 Å². The summed E-state index contributed by atoms with van der Waals surface area (Å²) in [7, 11) is 0. The molecule has 1 aromatic carbocycles. The Kier molecular flexibility index (Phi) is 6.18. The summed E-state index contributed by atoms with van der Waals surface area (Å²) in [6.45, 7) is 4.65. The van der Waals surface area contributed by atoms with Crippen molar-refractivity contribution < 1.29 is 4.79 Å². The van der Waals surface area contributed by atoms with E-state index in [-0.39, 0.29) is 11.8 Å². The standard InChI is InChI=1S/C21H27N3O/c1-2-20(18-6-4-3-5-7-18)21(25)24-14-10-19(11-15-24)23-16-17-8-12-22-13-9-17/h3-9,12-13,19-20,23H,2,10-11,14-16H2,1H3. The summed E-state index contributed by atoms with van der Waals surface area (Å²) in [5, 5.41) is 3.61. The van der Waals surface area contributed by atoms with Gasteiger partial charge in [-0.25, -0.2) is 0 Å². The van der Waals surface area contributed by atoms with Crippen LogP contribution in [-0.4, -0.2) is 34.9 Å². The monoisotopic (exact) mass is 337 g/mol. The average molecular weight is 337 g/mol. The van der Waals surface area contributed by atoms with Gasteiger partial charge in [0, 0.05) is 38.1 Å². The van der Waals surface area contributed by atoms with Gasteiger partial charge in [0.2, 0.25) is 5.91 Å². The molecule has 1 atom stereocenters. The second-order valence-electron chi connectivity index (χ2n) is 6.71. The second kappa shape index (κ2) is 8.77. The first-order valence-electron chi connectivity index (χ1n) is 9.24. The zero-order valence-corrected chi connectivity index (χ0v) is 14.9. The Morgan fingerprint density at radius 3 is 2.48 bits per heavy atom. The third-order valence-corrected chi connectivity index (χ3v) is 5.06. The van der Waals surface area contributed by atoms with Gasteiger partial charge < -0.3 is 10.2 Å². The highest BCUT2D eigenvalue weighted by atomic mass is 16.2. The molecule has 1 aliphatic heterocycles. The first-order valence-corrected chi connectivity index (χ1v) is 9.24. The zero-order chi connectivity index (χ0) is 17.5. The van der Waals surface area contributed by atoms with Gasteiger partial charge in [-0.1, -0.05) is 37.3 Å². The summed E-state index contributed by atoms with van der Waals surface area (Å²) in [5.41, 5.74) is 2.39. The van der Waals surface area contributed by atoms with Gasteiger partial charge in [-0.05, 0) is 42.5 Å². The summed E-state index contributed by atoms with van der Waals surface area (Å²) >= 11 is 0. The predicted octanol–water partition coefficient (Wildman–Crippen LogP) is 3.36. The minimum atomic E-state index is -0.0115. The molecule has 1 unspecified atom stereocenters. The van der Waals surface area contributed by atoms with Gasteiger partial charge in [0.1, 0.15) is 0 Å². The number of rotatable bonds is 6. The van der Waals surface area contributed by atoms with Crippen molar-refractivity contribution in [1.29, 1.82) is 0 Å². The third-order valence-electron chi connectivity index (χ3n) is 5.06. The normalized spacial score (nSPS) is 16.6. The Morgan fingerprint density at radius 2 is 1.84 bits per heavy atom. The molecule has 1 aliphatic rings. The highest BCUT2D eigenvalue weighted by Gasteiger charge is 2.28. The lowest BCUT2D eigenvalue weighted by atomic mass is 9.93. The molecular formula is C21H27N3O. The van der Waals surface area contributed by atoms with Gasteiger partial charge in [-0.2, -0.15) is 0 Å². The summed E-state index contributed by atoms with van der Waals surface area (Å²) in [5.74, 6) is 0.267. The fraction of sp³-hybridized carbons (Fsp3) is 0.429. The smallest absolute Gasteiger partial charge is 0.230 e. The number of hydrogen-bond donors (Lipinski definition) is 1. The Balaban J connectivity index is 1.50. The van der Waals surface area contributed by atoms with E-state index in [0.717, 1.165) is 44.5 Å². The molecule has 1 saturated heterocycles. The molecule has 1 amide bonds. The molecule has 0 radical (unpaired) electrons. The number of carbonyl (C=O) groups is 1. The molecule has 2 aromatic rings. The molecule has 2 heterocycles. The highest BCUT2D eigenvalue weighted by molar-refractivity contribution is 5.83. The molecule has 25 heavy (non-hydrogen) atoms. The molecule has 4 nitrogen and oxygen atoms in total.